The molecule has 3 fully saturated rings. The minimum Gasteiger partial charge on any atom is -0.444 e. The highest BCUT2D eigenvalue weighted by Gasteiger charge is 2.39. The van der Waals surface area contributed by atoms with Gasteiger partial charge in [-0.15, -0.1) is 0 Å². The standard InChI is InChI=1S/C19H26N2O5.C13H16F3N/c1-18(2,3)26-17(23)21-8-6-20(7-9-21)16-10-15(5-4-14(16)11-22)19(24)12-25-13-19;1-17-8-6-11(7-9-17)10-2-4-12(5-3-10)13(14,15)16/h4-5,10-11,24H,6-9,12-13H2,1-3H3;2-5,11H,6-9H2,1H3. The molecule has 3 heterocycles. The van der Waals surface area contributed by atoms with E-state index in [1.165, 1.54) is 12.1 Å². The van der Waals surface area contributed by atoms with Gasteiger partial charge in [-0.3, -0.25) is 4.79 Å². The van der Waals surface area contributed by atoms with Crippen LogP contribution in [-0.2, 0) is 21.3 Å². The van der Waals surface area contributed by atoms with Gasteiger partial charge in [0, 0.05) is 37.4 Å². The molecule has 43 heavy (non-hydrogen) atoms. The van der Waals surface area contributed by atoms with Crippen LogP contribution in [0.4, 0.5) is 23.7 Å². The summed E-state index contributed by atoms with van der Waals surface area (Å²) >= 11 is 0. The number of aldehydes is 1. The number of hydrogen-bond acceptors (Lipinski definition) is 7. The van der Waals surface area contributed by atoms with E-state index in [-0.39, 0.29) is 19.3 Å². The highest BCUT2D eigenvalue weighted by molar-refractivity contribution is 5.85. The molecule has 5 rings (SSSR count). The van der Waals surface area contributed by atoms with E-state index in [0.717, 1.165) is 49.0 Å². The minimum absolute atomic E-state index is 0.263. The lowest BCUT2D eigenvalue weighted by atomic mass is 9.89. The summed E-state index contributed by atoms with van der Waals surface area (Å²) in [7, 11) is 2.07. The van der Waals surface area contributed by atoms with Crippen LogP contribution in [-0.4, -0.2) is 92.4 Å². The number of piperidine rings is 1. The number of amides is 1. The number of rotatable bonds is 4. The van der Waals surface area contributed by atoms with Crippen LogP contribution in [0.2, 0.25) is 0 Å². The summed E-state index contributed by atoms with van der Waals surface area (Å²) in [4.78, 5) is 29.6. The van der Waals surface area contributed by atoms with Gasteiger partial charge >= 0.3 is 12.3 Å². The molecular weight excluding hydrogens is 563 g/mol. The van der Waals surface area contributed by atoms with E-state index in [1.807, 2.05) is 26.8 Å². The SMILES string of the molecule is CC(C)(C)OC(=O)N1CCN(c2cc(C3(O)COC3)ccc2C=O)CC1.CN1CCC(c2ccc(C(F)(F)F)cc2)CC1. The lowest BCUT2D eigenvalue weighted by molar-refractivity contribution is -0.184. The molecular formula is C32H42F3N3O5. The van der Waals surface area contributed by atoms with Crippen LogP contribution in [0.25, 0.3) is 0 Å². The van der Waals surface area contributed by atoms with Gasteiger partial charge in [-0.2, -0.15) is 13.2 Å². The number of hydrogen-bond donors (Lipinski definition) is 1. The highest BCUT2D eigenvalue weighted by Crippen LogP contribution is 2.34. The third kappa shape index (κ3) is 8.49. The smallest absolute Gasteiger partial charge is 0.416 e. The largest absolute Gasteiger partial charge is 0.444 e. The predicted octanol–water partition coefficient (Wildman–Crippen LogP) is 5.29. The van der Waals surface area contributed by atoms with E-state index >= 15 is 0 Å². The van der Waals surface area contributed by atoms with Gasteiger partial charge < -0.3 is 29.3 Å². The Morgan fingerprint density at radius 2 is 1.58 bits per heavy atom. The molecule has 2 aromatic rings. The number of aliphatic hydroxyl groups is 1. The van der Waals surface area contributed by atoms with Crippen molar-refractivity contribution in [2.45, 2.75) is 56.9 Å². The monoisotopic (exact) mass is 605 g/mol. The van der Waals surface area contributed by atoms with Crippen LogP contribution in [0.5, 0.6) is 0 Å². The zero-order valence-electron chi connectivity index (χ0n) is 25.3. The van der Waals surface area contributed by atoms with Crippen LogP contribution < -0.4 is 4.90 Å². The van der Waals surface area contributed by atoms with Crippen molar-refractivity contribution in [3.05, 3.63) is 64.7 Å². The van der Waals surface area contributed by atoms with E-state index in [4.69, 9.17) is 9.47 Å². The summed E-state index contributed by atoms with van der Waals surface area (Å²) in [5, 5.41) is 10.5. The topological polar surface area (TPSA) is 82.5 Å². The van der Waals surface area contributed by atoms with Gasteiger partial charge in [0.25, 0.3) is 0 Å². The first-order valence-electron chi connectivity index (χ1n) is 14.7. The Morgan fingerprint density at radius 1 is 0.977 bits per heavy atom. The molecule has 0 radical (unpaired) electrons. The molecule has 1 N–H and O–H groups in total. The van der Waals surface area contributed by atoms with E-state index in [1.54, 1.807) is 29.2 Å². The third-order valence-corrected chi connectivity index (χ3v) is 8.08. The summed E-state index contributed by atoms with van der Waals surface area (Å²) < 4.78 is 47.8. The molecule has 2 aromatic carbocycles. The summed E-state index contributed by atoms with van der Waals surface area (Å²) in [6, 6.07) is 11.0. The number of ether oxygens (including phenoxy) is 2. The van der Waals surface area contributed by atoms with Crippen LogP contribution in [0.15, 0.2) is 42.5 Å². The Labute approximate surface area is 251 Å². The number of likely N-dealkylation sites (tertiary alicyclic amines) is 1. The fourth-order valence-electron chi connectivity index (χ4n) is 5.41. The summed E-state index contributed by atoms with van der Waals surface area (Å²) in [6.07, 6.45) is -1.67. The fourth-order valence-corrected chi connectivity index (χ4v) is 5.41. The Hall–Kier alpha value is -3.15. The lowest BCUT2D eigenvalue weighted by Gasteiger charge is -2.39. The molecule has 0 aliphatic carbocycles. The van der Waals surface area contributed by atoms with Crippen molar-refractivity contribution in [2.75, 3.05) is 64.4 Å². The molecule has 0 bridgehead atoms. The molecule has 0 unspecified atom stereocenters. The average Bonchev–Trinajstić information content (AvgIpc) is 2.95. The Morgan fingerprint density at radius 3 is 2.07 bits per heavy atom. The zero-order valence-corrected chi connectivity index (χ0v) is 25.3. The number of alkyl halides is 3. The average molecular weight is 606 g/mol. The molecule has 11 heteroatoms. The maximum atomic E-state index is 12.4. The van der Waals surface area contributed by atoms with Crippen molar-refractivity contribution in [2.24, 2.45) is 0 Å². The number of piperazine rings is 1. The van der Waals surface area contributed by atoms with Crippen molar-refractivity contribution in [3.63, 3.8) is 0 Å². The quantitative estimate of drug-likeness (QED) is 0.475. The zero-order chi connectivity index (χ0) is 31.4. The number of benzene rings is 2. The van der Waals surface area contributed by atoms with Crippen molar-refractivity contribution >= 4 is 18.1 Å². The van der Waals surface area contributed by atoms with Crippen molar-refractivity contribution in [1.29, 1.82) is 0 Å². The first-order chi connectivity index (χ1) is 20.2. The third-order valence-electron chi connectivity index (χ3n) is 8.08. The Bertz CT molecular complexity index is 1240. The van der Waals surface area contributed by atoms with E-state index in [0.29, 0.717) is 37.7 Å². The number of carbonyl (C=O) groups is 2. The maximum absolute atomic E-state index is 12.4. The summed E-state index contributed by atoms with van der Waals surface area (Å²) in [6.45, 7) is 10.3. The maximum Gasteiger partial charge on any atom is 0.416 e. The van der Waals surface area contributed by atoms with Crippen LogP contribution in [0.3, 0.4) is 0 Å². The fraction of sp³-hybridized carbons (Fsp3) is 0.562. The van der Waals surface area contributed by atoms with Gasteiger partial charge in [0.15, 0.2) is 6.29 Å². The van der Waals surface area contributed by atoms with Crippen molar-refractivity contribution < 1.29 is 37.3 Å². The van der Waals surface area contributed by atoms with Crippen molar-refractivity contribution in [3.8, 4) is 0 Å². The van der Waals surface area contributed by atoms with Gasteiger partial charge in [0.2, 0.25) is 0 Å². The van der Waals surface area contributed by atoms with Gasteiger partial charge in [-0.1, -0.05) is 18.2 Å². The van der Waals surface area contributed by atoms with Gasteiger partial charge in [-0.05, 0) is 95.1 Å². The van der Waals surface area contributed by atoms with E-state index < -0.39 is 22.9 Å². The number of halogens is 3. The van der Waals surface area contributed by atoms with E-state index in [9.17, 15) is 27.9 Å². The molecule has 3 saturated heterocycles. The molecule has 0 atom stereocenters. The van der Waals surface area contributed by atoms with Crippen LogP contribution in [0.1, 0.15) is 66.6 Å². The molecule has 8 nitrogen and oxygen atoms in total. The van der Waals surface area contributed by atoms with Gasteiger partial charge in [-0.25, -0.2) is 4.79 Å². The molecule has 236 valence electrons. The lowest BCUT2D eigenvalue weighted by Crippen LogP contribution is -2.50. The number of anilines is 1. The first kappa shape index (κ1) is 32.8. The molecule has 0 aromatic heterocycles. The normalized spacial score (nSPS) is 19.6. The Kier molecular flexibility index (Phi) is 10.1. The second kappa shape index (κ2) is 13.2. The van der Waals surface area contributed by atoms with Crippen LogP contribution >= 0.6 is 0 Å². The number of carbonyl (C=O) groups excluding carboxylic acids is 2. The predicted molar refractivity (Wildman–Crippen MR) is 157 cm³/mol. The molecule has 1 amide bonds. The van der Waals surface area contributed by atoms with Crippen LogP contribution in [0, 0.1) is 0 Å². The van der Waals surface area contributed by atoms with Crippen molar-refractivity contribution in [1.82, 2.24) is 9.80 Å². The molecule has 0 spiro atoms. The molecule has 3 aliphatic rings. The van der Waals surface area contributed by atoms with Gasteiger partial charge in [0.05, 0.1) is 18.8 Å². The molecule has 0 saturated carbocycles. The molecule has 3 aliphatic heterocycles. The summed E-state index contributed by atoms with van der Waals surface area (Å²) in [5.41, 5.74) is 1.08. The first-order valence-corrected chi connectivity index (χ1v) is 14.7. The summed E-state index contributed by atoms with van der Waals surface area (Å²) in [5.74, 6) is 0.411. The Balaban J connectivity index is 0.000000215. The second-order valence-electron chi connectivity index (χ2n) is 12.6. The highest BCUT2D eigenvalue weighted by atomic mass is 19.4. The van der Waals surface area contributed by atoms with E-state index in [2.05, 4.69) is 16.8 Å². The van der Waals surface area contributed by atoms with Gasteiger partial charge in [0.1, 0.15) is 11.2 Å². The second-order valence-corrected chi connectivity index (χ2v) is 12.6. The number of nitrogens with zero attached hydrogens (tertiary/aromatic N) is 3. The minimum atomic E-state index is -4.23.